The first-order valence-corrected chi connectivity index (χ1v) is 5.37. The van der Waals surface area contributed by atoms with Gasteiger partial charge in [0.15, 0.2) is 5.82 Å². The standard InChI is InChI=1S/C11H13N5O/c1-2-3-7-9(12)15-10(16-11(7)17)8-6-13-4-5-14-8/h4-6H,2-3H2,1H3,(H3,12,15,16,17). The van der Waals surface area contributed by atoms with E-state index < -0.39 is 0 Å². The molecule has 0 amide bonds. The molecular formula is C11H13N5O. The van der Waals surface area contributed by atoms with Gasteiger partial charge in [-0.3, -0.25) is 9.78 Å². The van der Waals surface area contributed by atoms with Gasteiger partial charge in [0.2, 0.25) is 0 Å². The highest BCUT2D eigenvalue weighted by Gasteiger charge is 2.09. The maximum Gasteiger partial charge on any atom is 0.256 e. The number of hydrogen-bond acceptors (Lipinski definition) is 5. The number of aromatic nitrogens is 4. The lowest BCUT2D eigenvalue weighted by Crippen LogP contribution is -2.18. The van der Waals surface area contributed by atoms with Crippen LogP contribution in [0, 0.1) is 0 Å². The highest BCUT2D eigenvalue weighted by Crippen LogP contribution is 2.12. The molecule has 0 aliphatic heterocycles. The molecule has 6 heteroatoms. The molecule has 2 heterocycles. The van der Waals surface area contributed by atoms with E-state index in [4.69, 9.17) is 5.73 Å². The van der Waals surface area contributed by atoms with Gasteiger partial charge in [0.05, 0.1) is 11.8 Å². The van der Waals surface area contributed by atoms with Gasteiger partial charge in [0.25, 0.3) is 5.56 Å². The molecule has 0 fully saturated rings. The number of nitrogens with two attached hydrogens (primary N) is 1. The summed E-state index contributed by atoms with van der Waals surface area (Å²) in [6.45, 7) is 1.98. The molecule has 2 rings (SSSR count). The monoisotopic (exact) mass is 231 g/mol. The Bertz CT molecular complexity index is 564. The number of anilines is 1. The number of rotatable bonds is 3. The first-order valence-electron chi connectivity index (χ1n) is 5.37. The van der Waals surface area contributed by atoms with Crippen LogP contribution >= 0.6 is 0 Å². The molecule has 0 saturated heterocycles. The molecule has 0 aliphatic rings. The van der Waals surface area contributed by atoms with Gasteiger partial charge in [0.1, 0.15) is 11.5 Å². The molecule has 0 bridgehead atoms. The van der Waals surface area contributed by atoms with Gasteiger partial charge in [-0.1, -0.05) is 13.3 Å². The van der Waals surface area contributed by atoms with Crippen molar-refractivity contribution in [1.82, 2.24) is 19.9 Å². The van der Waals surface area contributed by atoms with Crippen LogP contribution in [0.25, 0.3) is 11.5 Å². The second kappa shape index (κ2) is 4.73. The normalized spacial score (nSPS) is 10.4. The minimum atomic E-state index is -0.208. The average molecular weight is 231 g/mol. The van der Waals surface area contributed by atoms with Crippen molar-refractivity contribution in [1.29, 1.82) is 0 Å². The molecule has 3 N–H and O–H groups in total. The smallest absolute Gasteiger partial charge is 0.256 e. The van der Waals surface area contributed by atoms with E-state index in [1.807, 2.05) is 6.92 Å². The third-order valence-corrected chi connectivity index (χ3v) is 2.35. The van der Waals surface area contributed by atoms with Crippen molar-refractivity contribution in [2.75, 3.05) is 5.73 Å². The summed E-state index contributed by atoms with van der Waals surface area (Å²) in [5.74, 6) is 0.608. The SMILES string of the molecule is CCCc1c(N)nc(-c2cnccn2)[nH]c1=O. The number of H-pyrrole nitrogens is 1. The fraction of sp³-hybridized carbons (Fsp3) is 0.273. The van der Waals surface area contributed by atoms with E-state index in [1.54, 1.807) is 6.20 Å². The van der Waals surface area contributed by atoms with E-state index in [0.717, 1.165) is 6.42 Å². The molecule has 0 saturated carbocycles. The summed E-state index contributed by atoms with van der Waals surface area (Å²) < 4.78 is 0. The van der Waals surface area contributed by atoms with E-state index in [2.05, 4.69) is 19.9 Å². The van der Waals surface area contributed by atoms with E-state index in [9.17, 15) is 4.79 Å². The van der Waals surface area contributed by atoms with Crippen LogP contribution in [0.1, 0.15) is 18.9 Å². The minimum absolute atomic E-state index is 0.208. The van der Waals surface area contributed by atoms with Crippen LogP contribution in [0.4, 0.5) is 5.82 Å². The zero-order valence-corrected chi connectivity index (χ0v) is 9.47. The Labute approximate surface area is 98.0 Å². The summed E-state index contributed by atoms with van der Waals surface area (Å²) >= 11 is 0. The summed E-state index contributed by atoms with van der Waals surface area (Å²) in [4.78, 5) is 26.6. The number of aromatic amines is 1. The molecule has 6 nitrogen and oxygen atoms in total. The maximum atomic E-state index is 11.8. The van der Waals surface area contributed by atoms with Gasteiger partial charge in [-0.25, -0.2) is 9.97 Å². The highest BCUT2D eigenvalue weighted by atomic mass is 16.1. The van der Waals surface area contributed by atoms with Gasteiger partial charge >= 0.3 is 0 Å². The molecular weight excluding hydrogens is 218 g/mol. The number of nitrogens with zero attached hydrogens (tertiary/aromatic N) is 3. The van der Waals surface area contributed by atoms with Crippen LogP contribution in [0.5, 0.6) is 0 Å². The molecule has 17 heavy (non-hydrogen) atoms. The second-order valence-electron chi connectivity index (χ2n) is 3.62. The van der Waals surface area contributed by atoms with Crippen LogP contribution in [-0.4, -0.2) is 19.9 Å². The van der Waals surface area contributed by atoms with Gasteiger partial charge < -0.3 is 10.7 Å². The van der Waals surface area contributed by atoms with E-state index in [0.29, 0.717) is 23.5 Å². The molecule has 0 radical (unpaired) electrons. The molecule has 88 valence electrons. The molecule has 0 atom stereocenters. The quantitative estimate of drug-likeness (QED) is 0.812. The van der Waals surface area contributed by atoms with Gasteiger partial charge in [-0.15, -0.1) is 0 Å². The van der Waals surface area contributed by atoms with Crippen LogP contribution in [-0.2, 0) is 6.42 Å². The molecule has 2 aromatic rings. The molecule has 0 aliphatic carbocycles. The Morgan fingerprint density at radius 1 is 1.41 bits per heavy atom. The van der Waals surface area contributed by atoms with Crippen molar-refractivity contribution in [3.05, 3.63) is 34.5 Å². The van der Waals surface area contributed by atoms with E-state index in [1.165, 1.54) is 12.4 Å². The Morgan fingerprint density at radius 2 is 2.24 bits per heavy atom. The summed E-state index contributed by atoms with van der Waals surface area (Å²) in [7, 11) is 0. The minimum Gasteiger partial charge on any atom is -0.383 e. The zero-order chi connectivity index (χ0) is 12.3. The summed E-state index contributed by atoms with van der Waals surface area (Å²) in [6, 6.07) is 0. The van der Waals surface area contributed by atoms with Crippen LogP contribution in [0.15, 0.2) is 23.4 Å². The van der Waals surface area contributed by atoms with Crippen molar-refractivity contribution in [2.45, 2.75) is 19.8 Å². The third kappa shape index (κ3) is 2.30. The van der Waals surface area contributed by atoms with Crippen LogP contribution in [0.3, 0.4) is 0 Å². The van der Waals surface area contributed by atoms with Gasteiger partial charge in [-0.2, -0.15) is 0 Å². The van der Waals surface area contributed by atoms with Crippen molar-refractivity contribution in [2.24, 2.45) is 0 Å². The Kier molecular flexibility index (Phi) is 3.13. The molecule has 0 aromatic carbocycles. The van der Waals surface area contributed by atoms with Crippen LogP contribution < -0.4 is 11.3 Å². The lowest BCUT2D eigenvalue weighted by Gasteiger charge is -2.05. The van der Waals surface area contributed by atoms with Crippen molar-refractivity contribution < 1.29 is 0 Å². The van der Waals surface area contributed by atoms with Crippen molar-refractivity contribution >= 4 is 5.82 Å². The largest absolute Gasteiger partial charge is 0.383 e. The summed E-state index contributed by atoms with van der Waals surface area (Å²) in [5.41, 5.74) is 6.59. The predicted molar refractivity (Wildman–Crippen MR) is 64.3 cm³/mol. The van der Waals surface area contributed by atoms with Gasteiger partial charge in [0, 0.05) is 12.4 Å². The van der Waals surface area contributed by atoms with Crippen LogP contribution in [0.2, 0.25) is 0 Å². The number of nitrogen functional groups attached to an aromatic ring is 1. The fourth-order valence-corrected chi connectivity index (χ4v) is 1.55. The van der Waals surface area contributed by atoms with Crippen molar-refractivity contribution in [3.63, 3.8) is 0 Å². The molecule has 2 aromatic heterocycles. The third-order valence-electron chi connectivity index (χ3n) is 2.35. The van der Waals surface area contributed by atoms with E-state index >= 15 is 0 Å². The lowest BCUT2D eigenvalue weighted by atomic mass is 10.2. The predicted octanol–water partition coefficient (Wildman–Crippen LogP) is 0.762. The van der Waals surface area contributed by atoms with E-state index in [-0.39, 0.29) is 11.4 Å². The lowest BCUT2D eigenvalue weighted by molar-refractivity contribution is 0.890. The second-order valence-corrected chi connectivity index (χ2v) is 3.62. The summed E-state index contributed by atoms with van der Waals surface area (Å²) in [5, 5.41) is 0. The Balaban J connectivity index is 2.50. The molecule has 0 unspecified atom stereocenters. The first-order chi connectivity index (χ1) is 8.22. The summed E-state index contributed by atoms with van der Waals surface area (Å²) in [6.07, 6.45) is 6.08. The van der Waals surface area contributed by atoms with Crippen molar-refractivity contribution in [3.8, 4) is 11.5 Å². The Morgan fingerprint density at radius 3 is 2.82 bits per heavy atom. The zero-order valence-electron chi connectivity index (χ0n) is 9.47. The van der Waals surface area contributed by atoms with Gasteiger partial charge in [-0.05, 0) is 6.42 Å². The first kappa shape index (κ1) is 11.3. The number of nitrogens with one attached hydrogen (secondary N) is 1. The Hall–Kier alpha value is -2.24. The topological polar surface area (TPSA) is 97.5 Å². The highest BCUT2D eigenvalue weighted by molar-refractivity contribution is 5.51. The molecule has 0 spiro atoms. The number of hydrogen-bond donors (Lipinski definition) is 2. The fourth-order valence-electron chi connectivity index (χ4n) is 1.55. The average Bonchev–Trinajstić information content (AvgIpc) is 2.35. The maximum absolute atomic E-state index is 11.8.